The molecule has 0 bridgehead atoms. The highest BCUT2D eigenvalue weighted by Gasteiger charge is 2.27. The molecule has 2 atom stereocenters. The minimum atomic E-state index is 0.149. The number of morpholine rings is 1. The predicted octanol–water partition coefficient (Wildman–Crippen LogP) is 2.12. The molecule has 2 rings (SSSR count). The number of rotatable bonds is 3. The normalized spacial score (nSPS) is 23.9. The average Bonchev–Trinajstić information content (AvgIpc) is 2.48. The molecule has 3 N–H and O–H groups in total. The first-order valence-electron chi connectivity index (χ1n) is 6.61. The van der Waals surface area contributed by atoms with Crippen LogP contribution in [-0.4, -0.2) is 42.6 Å². The van der Waals surface area contributed by atoms with Gasteiger partial charge in [-0.2, -0.15) is 0 Å². The third kappa shape index (κ3) is 2.86. The maximum atomic E-state index is 9.06. The van der Waals surface area contributed by atoms with Gasteiger partial charge in [-0.05, 0) is 32.2 Å². The SMILES string of the molecule is CSc1cccc(N2CC(C)OCC2C)c1/C(N)=N/O. The van der Waals surface area contributed by atoms with Crippen molar-refractivity contribution < 1.29 is 9.94 Å². The summed E-state index contributed by atoms with van der Waals surface area (Å²) in [5.41, 5.74) is 7.68. The molecule has 1 aliphatic heterocycles. The molecule has 0 amide bonds. The standard InChI is InChI=1S/C14H21N3O2S/c1-9-8-19-10(2)7-17(9)11-5-4-6-12(20-3)13(11)14(15)16-18/h4-6,9-10,18H,7-8H2,1-3H3,(H2,15,16). The number of amidine groups is 1. The van der Waals surface area contributed by atoms with Crippen LogP contribution >= 0.6 is 11.8 Å². The summed E-state index contributed by atoms with van der Waals surface area (Å²) in [4.78, 5) is 3.27. The van der Waals surface area contributed by atoms with Crippen molar-refractivity contribution in [1.82, 2.24) is 0 Å². The van der Waals surface area contributed by atoms with Crippen LogP contribution in [0.1, 0.15) is 19.4 Å². The quantitative estimate of drug-likeness (QED) is 0.294. The predicted molar refractivity (Wildman–Crippen MR) is 83.0 cm³/mol. The van der Waals surface area contributed by atoms with E-state index in [1.807, 2.05) is 24.5 Å². The summed E-state index contributed by atoms with van der Waals surface area (Å²) in [5, 5.41) is 12.2. The van der Waals surface area contributed by atoms with Crippen LogP contribution in [0.15, 0.2) is 28.3 Å². The molecule has 1 saturated heterocycles. The molecule has 20 heavy (non-hydrogen) atoms. The lowest BCUT2D eigenvalue weighted by Gasteiger charge is -2.39. The molecule has 0 spiro atoms. The number of benzene rings is 1. The van der Waals surface area contributed by atoms with Gasteiger partial charge < -0.3 is 20.6 Å². The van der Waals surface area contributed by atoms with Gasteiger partial charge >= 0.3 is 0 Å². The molecule has 0 radical (unpaired) electrons. The fourth-order valence-corrected chi connectivity index (χ4v) is 3.10. The summed E-state index contributed by atoms with van der Waals surface area (Å²) in [7, 11) is 0. The minimum absolute atomic E-state index is 0.149. The Labute approximate surface area is 123 Å². The number of ether oxygens (including phenoxy) is 1. The van der Waals surface area contributed by atoms with E-state index >= 15 is 0 Å². The van der Waals surface area contributed by atoms with E-state index in [-0.39, 0.29) is 18.0 Å². The largest absolute Gasteiger partial charge is 0.409 e. The van der Waals surface area contributed by atoms with Gasteiger partial charge in [0.25, 0.3) is 0 Å². The van der Waals surface area contributed by atoms with Crippen molar-refractivity contribution in [2.24, 2.45) is 10.9 Å². The van der Waals surface area contributed by atoms with Crippen LogP contribution in [-0.2, 0) is 4.74 Å². The smallest absolute Gasteiger partial charge is 0.173 e. The Morgan fingerprint density at radius 1 is 1.50 bits per heavy atom. The number of thioether (sulfide) groups is 1. The summed E-state index contributed by atoms with van der Waals surface area (Å²) in [6, 6.07) is 6.26. The van der Waals surface area contributed by atoms with Gasteiger partial charge in [-0.1, -0.05) is 11.2 Å². The van der Waals surface area contributed by atoms with E-state index in [0.29, 0.717) is 6.61 Å². The van der Waals surface area contributed by atoms with Crippen molar-refractivity contribution >= 4 is 23.3 Å². The fourth-order valence-electron chi connectivity index (χ4n) is 2.48. The van der Waals surface area contributed by atoms with E-state index in [4.69, 9.17) is 15.7 Å². The van der Waals surface area contributed by atoms with Crippen LogP contribution < -0.4 is 10.6 Å². The van der Waals surface area contributed by atoms with Gasteiger partial charge in [0.1, 0.15) is 0 Å². The maximum absolute atomic E-state index is 9.06. The van der Waals surface area contributed by atoms with Crippen LogP contribution in [0.2, 0.25) is 0 Å². The second-order valence-corrected chi connectivity index (χ2v) is 5.83. The number of nitrogens with two attached hydrogens (primary N) is 1. The van der Waals surface area contributed by atoms with Crippen molar-refractivity contribution in [1.29, 1.82) is 0 Å². The molecule has 1 aromatic rings. The number of oxime groups is 1. The maximum Gasteiger partial charge on any atom is 0.173 e. The Hall–Kier alpha value is -1.40. The van der Waals surface area contributed by atoms with Crippen LogP contribution in [0, 0.1) is 0 Å². The zero-order valence-electron chi connectivity index (χ0n) is 12.0. The first-order valence-corrected chi connectivity index (χ1v) is 7.84. The van der Waals surface area contributed by atoms with E-state index in [0.717, 1.165) is 22.7 Å². The number of anilines is 1. The van der Waals surface area contributed by atoms with E-state index in [1.165, 1.54) is 0 Å². The molecule has 1 fully saturated rings. The van der Waals surface area contributed by atoms with E-state index in [9.17, 15) is 0 Å². The third-order valence-electron chi connectivity index (χ3n) is 3.51. The molecule has 1 heterocycles. The Morgan fingerprint density at radius 2 is 2.25 bits per heavy atom. The molecule has 1 aliphatic rings. The Balaban J connectivity index is 2.50. The van der Waals surface area contributed by atoms with Crippen molar-refractivity contribution in [2.75, 3.05) is 24.3 Å². The summed E-state index contributed by atoms with van der Waals surface area (Å²) in [5.74, 6) is 0.149. The van der Waals surface area contributed by atoms with Crippen molar-refractivity contribution in [3.63, 3.8) is 0 Å². The van der Waals surface area contributed by atoms with Crippen LogP contribution in [0.25, 0.3) is 0 Å². The lowest BCUT2D eigenvalue weighted by Crippen LogP contribution is -2.48. The topological polar surface area (TPSA) is 71.1 Å². The van der Waals surface area contributed by atoms with Gasteiger partial charge in [0, 0.05) is 23.2 Å². The summed E-state index contributed by atoms with van der Waals surface area (Å²) >= 11 is 1.59. The molecule has 0 aromatic heterocycles. The second kappa shape index (κ2) is 6.37. The second-order valence-electron chi connectivity index (χ2n) is 4.98. The van der Waals surface area contributed by atoms with Crippen LogP contribution in [0.3, 0.4) is 0 Å². The monoisotopic (exact) mass is 295 g/mol. The number of nitrogens with zero attached hydrogens (tertiary/aromatic N) is 2. The lowest BCUT2D eigenvalue weighted by molar-refractivity contribution is 0.0343. The summed E-state index contributed by atoms with van der Waals surface area (Å²) in [6.45, 7) is 5.65. The molecule has 0 saturated carbocycles. The van der Waals surface area contributed by atoms with E-state index in [2.05, 4.69) is 23.9 Å². The highest BCUT2D eigenvalue weighted by molar-refractivity contribution is 7.98. The van der Waals surface area contributed by atoms with Crippen molar-refractivity contribution in [3.05, 3.63) is 23.8 Å². The highest BCUT2D eigenvalue weighted by atomic mass is 32.2. The molecular formula is C14H21N3O2S. The molecule has 5 nitrogen and oxygen atoms in total. The third-order valence-corrected chi connectivity index (χ3v) is 4.29. The molecule has 6 heteroatoms. The summed E-state index contributed by atoms with van der Waals surface area (Å²) in [6.07, 6.45) is 2.16. The Bertz CT molecular complexity index is 507. The highest BCUT2D eigenvalue weighted by Crippen LogP contribution is 2.32. The van der Waals surface area contributed by atoms with Crippen molar-refractivity contribution in [2.45, 2.75) is 30.9 Å². The Morgan fingerprint density at radius 3 is 2.90 bits per heavy atom. The Kier molecular flexibility index (Phi) is 4.77. The first kappa shape index (κ1) is 15.0. The molecule has 1 aromatic carbocycles. The number of hydrogen-bond acceptors (Lipinski definition) is 5. The van der Waals surface area contributed by atoms with Crippen molar-refractivity contribution in [3.8, 4) is 0 Å². The number of hydrogen-bond donors (Lipinski definition) is 2. The van der Waals surface area contributed by atoms with Gasteiger partial charge in [-0.15, -0.1) is 11.8 Å². The zero-order chi connectivity index (χ0) is 14.7. The van der Waals surface area contributed by atoms with Gasteiger partial charge in [-0.25, -0.2) is 0 Å². The van der Waals surface area contributed by atoms with E-state index in [1.54, 1.807) is 11.8 Å². The van der Waals surface area contributed by atoms with Gasteiger partial charge in [-0.3, -0.25) is 0 Å². The lowest BCUT2D eigenvalue weighted by atomic mass is 10.1. The van der Waals surface area contributed by atoms with Crippen LogP contribution in [0.4, 0.5) is 5.69 Å². The minimum Gasteiger partial charge on any atom is -0.409 e. The molecule has 0 aliphatic carbocycles. The molecular weight excluding hydrogens is 274 g/mol. The fraction of sp³-hybridized carbons (Fsp3) is 0.500. The first-order chi connectivity index (χ1) is 9.58. The van der Waals surface area contributed by atoms with E-state index < -0.39 is 0 Å². The van der Waals surface area contributed by atoms with Gasteiger partial charge in [0.15, 0.2) is 5.84 Å². The molecule has 110 valence electrons. The van der Waals surface area contributed by atoms with Gasteiger partial charge in [0.2, 0.25) is 0 Å². The van der Waals surface area contributed by atoms with Gasteiger partial charge in [0.05, 0.1) is 18.3 Å². The molecule has 2 unspecified atom stereocenters. The average molecular weight is 295 g/mol. The zero-order valence-corrected chi connectivity index (χ0v) is 12.9. The summed E-state index contributed by atoms with van der Waals surface area (Å²) < 4.78 is 5.67. The van der Waals surface area contributed by atoms with Crippen LogP contribution in [0.5, 0.6) is 0 Å².